The van der Waals surface area contributed by atoms with Gasteiger partial charge in [-0.2, -0.15) is 0 Å². The van der Waals surface area contributed by atoms with Crippen molar-refractivity contribution in [3.63, 3.8) is 0 Å². The van der Waals surface area contributed by atoms with E-state index in [2.05, 4.69) is 10.6 Å². The van der Waals surface area contributed by atoms with E-state index in [1.807, 2.05) is 0 Å². The van der Waals surface area contributed by atoms with Crippen molar-refractivity contribution < 1.29 is 19.8 Å². The number of amides is 2. The van der Waals surface area contributed by atoms with Crippen LogP contribution in [0.4, 0.5) is 4.79 Å². The summed E-state index contributed by atoms with van der Waals surface area (Å²) < 4.78 is 0. The van der Waals surface area contributed by atoms with E-state index in [4.69, 9.17) is 10.2 Å². The molecule has 110 valence electrons. The molecule has 2 amide bonds. The number of carboxylic acids is 1. The first-order valence-electron chi connectivity index (χ1n) is 7.02. The molecule has 0 bridgehead atoms. The van der Waals surface area contributed by atoms with E-state index in [1.54, 1.807) is 0 Å². The van der Waals surface area contributed by atoms with E-state index in [0.29, 0.717) is 6.54 Å². The normalized spacial score (nSPS) is 17.7. The van der Waals surface area contributed by atoms with Crippen molar-refractivity contribution in [3.8, 4) is 0 Å². The minimum Gasteiger partial charge on any atom is -0.479 e. The summed E-state index contributed by atoms with van der Waals surface area (Å²) in [6, 6.07) is -0.298. The predicted molar refractivity (Wildman–Crippen MR) is 70.9 cm³/mol. The van der Waals surface area contributed by atoms with Crippen molar-refractivity contribution in [2.24, 2.45) is 5.92 Å². The van der Waals surface area contributed by atoms with Crippen LogP contribution in [-0.4, -0.2) is 41.4 Å². The van der Waals surface area contributed by atoms with Crippen LogP contribution >= 0.6 is 0 Å². The number of hydrogen-bond donors (Lipinski definition) is 4. The van der Waals surface area contributed by atoms with Gasteiger partial charge in [-0.25, -0.2) is 9.59 Å². The zero-order valence-electron chi connectivity index (χ0n) is 11.2. The Bertz CT molecular complexity index is 290. The number of aliphatic hydroxyl groups is 1. The number of carbonyl (C=O) groups excluding carboxylic acids is 1. The molecule has 1 aliphatic carbocycles. The molecule has 1 aliphatic rings. The van der Waals surface area contributed by atoms with Gasteiger partial charge in [0.25, 0.3) is 0 Å². The Labute approximate surface area is 113 Å². The van der Waals surface area contributed by atoms with Gasteiger partial charge in [0.05, 0.1) is 0 Å². The second-order valence-corrected chi connectivity index (χ2v) is 5.12. The number of hydrogen-bond acceptors (Lipinski definition) is 3. The van der Waals surface area contributed by atoms with Gasteiger partial charge in [-0.3, -0.25) is 0 Å². The summed E-state index contributed by atoms with van der Waals surface area (Å²) in [4.78, 5) is 21.7. The first-order valence-corrected chi connectivity index (χ1v) is 7.02. The third kappa shape index (κ3) is 7.00. The Morgan fingerprint density at radius 3 is 2.37 bits per heavy atom. The third-order valence-corrected chi connectivity index (χ3v) is 3.55. The topological polar surface area (TPSA) is 98.7 Å². The molecule has 0 spiro atoms. The van der Waals surface area contributed by atoms with Crippen molar-refractivity contribution in [2.75, 3.05) is 13.1 Å². The Balaban J connectivity index is 1.99. The summed E-state index contributed by atoms with van der Waals surface area (Å²) in [5.41, 5.74) is 0. The third-order valence-electron chi connectivity index (χ3n) is 3.55. The van der Waals surface area contributed by atoms with Crippen molar-refractivity contribution >= 4 is 12.0 Å². The quantitative estimate of drug-likeness (QED) is 0.557. The molecule has 19 heavy (non-hydrogen) atoms. The first kappa shape index (κ1) is 15.8. The number of nitrogens with one attached hydrogen (secondary N) is 2. The summed E-state index contributed by atoms with van der Waals surface area (Å²) in [5.74, 6) is -0.539. The first-order chi connectivity index (χ1) is 9.09. The highest BCUT2D eigenvalue weighted by atomic mass is 16.4. The maximum Gasteiger partial charge on any atom is 0.332 e. The van der Waals surface area contributed by atoms with Crippen LogP contribution < -0.4 is 10.6 Å². The van der Waals surface area contributed by atoms with Gasteiger partial charge in [-0.05, 0) is 12.3 Å². The van der Waals surface area contributed by atoms with E-state index in [1.165, 1.54) is 32.1 Å². The molecule has 0 aromatic rings. The fourth-order valence-electron chi connectivity index (χ4n) is 2.37. The molecule has 6 heteroatoms. The maximum absolute atomic E-state index is 11.4. The van der Waals surface area contributed by atoms with Gasteiger partial charge in [0.15, 0.2) is 6.10 Å². The molecule has 0 aliphatic heterocycles. The lowest BCUT2D eigenvalue weighted by atomic mass is 9.87. The van der Waals surface area contributed by atoms with Crippen LogP contribution in [0.25, 0.3) is 0 Å². The van der Waals surface area contributed by atoms with Crippen LogP contribution in [0.5, 0.6) is 0 Å². The molecule has 1 fully saturated rings. The van der Waals surface area contributed by atoms with Crippen LogP contribution in [0.1, 0.15) is 44.9 Å². The van der Waals surface area contributed by atoms with Gasteiger partial charge in [0.2, 0.25) is 0 Å². The van der Waals surface area contributed by atoms with Crippen molar-refractivity contribution in [2.45, 2.75) is 51.0 Å². The molecule has 0 heterocycles. The molecule has 0 aromatic carbocycles. The van der Waals surface area contributed by atoms with Gasteiger partial charge in [0.1, 0.15) is 0 Å². The van der Waals surface area contributed by atoms with Crippen molar-refractivity contribution in [1.82, 2.24) is 10.6 Å². The van der Waals surface area contributed by atoms with Crippen LogP contribution in [-0.2, 0) is 4.79 Å². The Morgan fingerprint density at radius 2 is 1.74 bits per heavy atom. The molecular formula is C13H24N2O4. The fourth-order valence-corrected chi connectivity index (χ4v) is 2.37. The molecule has 6 nitrogen and oxygen atoms in total. The maximum atomic E-state index is 11.4. The van der Waals surface area contributed by atoms with Gasteiger partial charge >= 0.3 is 12.0 Å². The van der Waals surface area contributed by atoms with Gasteiger partial charge < -0.3 is 20.8 Å². The molecule has 0 saturated heterocycles. The Morgan fingerprint density at radius 1 is 1.11 bits per heavy atom. The lowest BCUT2D eigenvalue weighted by Gasteiger charge is -2.21. The van der Waals surface area contributed by atoms with E-state index in [9.17, 15) is 9.59 Å². The predicted octanol–water partition coefficient (Wildman–Crippen LogP) is 1.09. The molecule has 1 rings (SSSR count). The Hall–Kier alpha value is -1.30. The smallest absolute Gasteiger partial charge is 0.332 e. The molecule has 0 unspecified atom stereocenters. The number of rotatable bonds is 7. The molecule has 4 N–H and O–H groups in total. The second kappa shape index (κ2) is 8.74. The van der Waals surface area contributed by atoms with E-state index < -0.39 is 12.1 Å². The highest BCUT2D eigenvalue weighted by Crippen LogP contribution is 2.25. The van der Waals surface area contributed by atoms with Gasteiger partial charge in [-0.15, -0.1) is 0 Å². The number of carbonyl (C=O) groups is 2. The summed E-state index contributed by atoms with van der Waals surface area (Å²) in [6.07, 6.45) is 6.05. The van der Waals surface area contributed by atoms with Crippen LogP contribution in [0.15, 0.2) is 0 Å². The van der Waals surface area contributed by atoms with E-state index >= 15 is 0 Å². The van der Waals surface area contributed by atoms with Crippen LogP contribution in [0.3, 0.4) is 0 Å². The minimum absolute atomic E-state index is 0.0192. The summed E-state index contributed by atoms with van der Waals surface area (Å²) in [7, 11) is 0. The summed E-state index contributed by atoms with van der Waals surface area (Å²) >= 11 is 0. The summed E-state index contributed by atoms with van der Waals surface area (Å²) in [6.45, 7) is 0.806. The SMILES string of the molecule is O=C(NCCC1CCCCC1)NCC[C@H](O)C(=O)O. The molecule has 1 atom stereocenters. The monoisotopic (exact) mass is 272 g/mol. The van der Waals surface area contributed by atoms with Gasteiger partial charge in [-0.1, -0.05) is 32.1 Å². The summed E-state index contributed by atoms with van der Waals surface area (Å²) in [5, 5.41) is 22.8. The highest BCUT2D eigenvalue weighted by Gasteiger charge is 2.14. The average molecular weight is 272 g/mol. The fraction of sp³-hybridized carbons (Fsp3) is 0.846. The average Bonchev–Trinajstić information content (AvgIpc) is 2.39. The van der Waals surface area contributed by atoms with Crippen LogP contribution in [0.2, 0.25) is 0 Å². The van der Waals surface area contributed by atoms with E-state index in [0.717, 1.165) is 12.3 Å². The van der Waals surface area contributed by atoms with Crippen molar-refractivity contribution in [1.29, 1.82) is 0 Å². The van der Waals surface area contributed by atoms with Crippen molar-refractivity contribution in [3.05, 3.63) is 0 Å². The highest BCUT2D eigenvalue weighted by molar-refractivity contribution is 5.74. The zero-order chi connectivity index (χ0) is 14.1. The lowest BCUT2D eigenvalue weighted by molar-refractivity contribution is -0.146. The number of aliphatic hydroxyl groups excluding tert-OH is 1. The minimum atomic E-state index is -1.41. The molecule has 0 radical (unpaired) electrons. The molecule has 1 saturated carbocycles. The Kier molecular flexibility index (Phi) is 7.25. The van der Waals surface area contributed by atoms with Gasteiger partial charge in [0, 0.05) is 19.5 Å². The molecule has 0 aromatic heterocycles. The largest absolute Gasteiger partial charge is 0.479 e. The standard InChI is InChI=1S/C13H24N2O4/c16-11(12(17)18)7-9-15-13(19)14-8-6-10-4-2-1-3-5-10/h10-11,16H,1-9H2,(H,17,18)(H2,14,15,19)/t11-/m0/s1. The number of carboxylic acid groups (broad SMARTS) is 1. The molecular weight excluding hydrogens is 248 g/mol. The van der Waals surface area contributed by atoms with Crippen LogP contribution in [0, 0.1) is 5.92 Å². The lowest BCUT2D eigenvalue weighted by Crippen LogP contribution is -2.38. The number of aliphatic carboxylic acids is 1. The number of urea groups is 1. The second-order valence-electron chi connectivity index (χ2n) is 5.12. The zero-order valence-corrected chi connectivity index (χ0v) is 11.2. The van der Waals surface area contributed by atoms with E-state index in [-0.39, 0.29) is 19.0 Å².